The third-order valence-corrected chi connectivity index (χ3v) is 8.07. The molecule has 0 aromatic heterocycles. The number of sulfonamides is 1. The van der Waals surface area contributed by atoms with Crippen LogP contribution in [0.2, 0.25) is 5.02 Å². The smallest absolute Gasteiger partial charge is 0.207 e. The Morgan fingerprint density at radius 1 is 0.818 bits per heavy atom. The summed E-state index contributed by atoms with van der Waals surface area (Å²) in [5.74, 6) is 6.60. The summed E-state index contributed by atoms with van der Waals surface area (Å²) >= 11 is 6.32. The van der Waals surface area contributed by atoms with Crippen LogP contribution in [-0.2, 0) is 23.1 Å². The first-order valence-corrected chi connectivity index (χ1v) is 12.5. The van der Waals surface area contributed by atoms with Crippen LogP contribution in [-0.4, -0.2) is 12.7 Å². The second-order valence-electron chi connectivity index (χ2n) is 8.46. The molecule has 0 saturated carbocycles. The fourth-order valence-electron chi connectivity index (χ4n) is 4.16. The summed E-state index contributed by atoms with van der Waals surface area (Å²) < 4.78 is 28.2. The molecule has 3 nitrogen and oxygen atoms in total. The summed E-state index contributed by atoms with van der Waals surface area (Å²) in [6.07, 6.45) is 0. The van der Waals surface area contributed by atoms with E-state index in [1.807, 2.05) is 68.4 Å². The molecule has 0 fully saturated rings. The van der Waals surface area contributed by atoms with Gasteiger partial charge in [0.2, 0.25) is 10.0 Å². The molecule has 0 saturated heterocycles. The van der Waals surface area contributed by atoms with Gasteiger partial charge in [0.25, 0.3) is 0 Å². The Hall–Kier alpha value is -3.10. The highest BCUT2D eigenvalue weighted by atomic mass is 35.5. The molecule has 0 unspecified atom stereocenters. The summed E-state index contributed by atoms with van der Waals surface area (Å²) in [6, 6.07) is 22.8. The number of fused-ring (bicyclic) bond motifs is 2. The lowest BCUT2D eigenvalue weighted by Gasteiger charge is -2.15. The maximum atomic E-state index is 13.4. The first-order valence-electron chi connectivity index (χ1n) is 10.7. The molecule has 4 aromatic rings. The van der Waals surface area contributed by atoms with E-state index in [1.54, 1.807) is 12.1 Å². The number of benzene rings is 4. The van der Waals surface area contributed by atoms with E-state index < -0.39 is 10.0 Å². The van der Waals surface area contributed by atoms with Crippen molar-refractivity contribution in [1.82, 2.24) is 4.31 Å². The average molecular weight is 472 g/mol. The Balaban J connectivity index is 1.62. The van der Waals surface area contributed by atoms with Crippen molar-refractivity contribution in [3.63, 3.8) is 0 Å². The van der Waals surface area contributed by atoms with Gasteiger partial charge in [0.1, 0.15) is 0 Å². The summed E-state index contributed by atoms with van der Waals surface area (Å²) in [5.41, 5.74) is 5.88. The molecular formula is C28H22ClNO2S. The second kappa shape index (κ2) is 8.35. The van der Waals surface area contributed by atoms with E-state index in [2.05, 4.69) is 17.9 Å². The lowest BCUT2D eigenvalue weighted by molar-refractivity contribution is 0.431. The third-order valence-electron chi connectivity index (χ3n) is 6.03. The van der Waals surface area contributed by atoms with Crippen LogP contribution < -0.4 is 0 Å². The van der Waals surface area contributed by atoms with Crippen LogP contribution in [0.5, 0.6) is 0 Å². The second-order valence-corrected chi connectivity index (χ2v) is 10.8. The van der Waals surface area contributed by atoms with Crippen LogP contribution in [0, 0.1) is 25.7 Å². The lowest BCUT2D eigenvalue weighted by atomic mass is 9.95. The fraction of sp³-hybridized carbons (Fsp3) is 0.143. The highest BCUT2D eigenvalue weighted by Gasteiger charge is 2.32. The number of hydrogen-bond donors (Lipinski definition) is 0. The molecule has 0 N–H and O–H groups in total. The third kappa shape index (κ3) is 4.16. The van der Waals surface area contributed by atoms with Gasteiger partial charge in [0.15, 0.2) is 0 Å². The minimum absolute atomic E-state index is 0.284. The molecule has 164 valence electrons. The maximum Gasteiger partial charge on any atom is 0.243 e. The SMILES string of the molecule is Cc1ccc(C#Cc2c3c(cc4ccc(Cl)cc24)CN(S(=O)(=O)c2ccc(C)cc2)C3)cc1. The zero-order chi connectivity index (χ0) is 23.2. The Morgan fingerprint density at radius 2 is 1.48 bits per heavy atom. The van der Waals surface area contributed by atoms with Gasteiger partial charge >= 0.3 is 0 Å². The molecule has 1 aliphatic heterocycles. The largest absolute Gasteiger partial charge is 0.243 e. The van der Waals surface area contributed by atoms with E-state index in [0.29, 0.717) is 16.5 Å². The average Bonchev–Trinajstić information content (AvgIpc) is 3.23. The van der Waals surface area contributed by atoms with Gasteiger partial charge in [0, 0.05) is 29.2 Å². The summed E-state index contributed by atoms with van der Waals surface area (Å²) in [7, 11) is -3.62. The van der Waals surface area contributed by atoms with Gasteiger partial charge in [-0.1, -0.05) is 64.9 Å². The van der Waals surface area contributed by atoms with Gasteiger partial charge in [-0.05, 0) is 78.2 Å². The van der Waals surface area contributed by atoms with Gasteiger partial charge < -0.3 is 0 Å². The van der Waals surface area contributed by atoms with E-state index in [-0.39, 0.29) is 6.54 Å². The monoisotopic (exact) mass is 471 g/mol. The number of hydrogen-bond acceptors (Lipinski definition) is 2. The van der Waals surface area contributed by atoms with E-state index >= 15 is 0 Å². The molecule has 1 aliphatic rings. The lowest BCUT2D eigenvalue weighted by Crippen LogP contribution is -2.25. The van der Waals surface area contributed by atoms with E-state index in [0.717, 1.165) is 38.6 Å². The zero-order valence-corrected chi connectivity index (χ0v) is 20.0. The van der Waals surface area contributed by atoms with E-state index in [4.69, 9.17) is 11.6 Å². The Labute approximate surface area is 199 Å². The van der Waals surface area contributed by atoms with Crippen molar-refractivity contribution < 1.29 is 8.42 Å². The number of aryl methyl sites for hydroxylation is 2. The van der Waals surface area contributed by atoms with E-state index in [1.165, 1.54) is 9.87 Å². The molecule has 0 amide bonds. The minimum atomic E-state index is -3.62. The number of rotatable bonds is 2. The molecule has 33 heavy (non-hydrogen) atoms. The van der Waals surface area contributed by atoms with Crippen LogP contribution in [0.4, 0.5) is 0 Å². The zero-order valence-electron chi connectivity index (χ0n) is 18.4. The summed E-state index contributed by atoms with van der Waals surface area (Å²) in [4.78, 5) is 0.306. The molecule has 0 spiro atoms. The molecule has 5 heteroatoms. The fourth-order valence-corrected chi connectivity index (χ4v) is 5.71. The van der Waals surface area contributed by atoms with Crippen molar-refractivity contribution in [3.05, 3.63) is 111 Å². The first-order chi connectivity index (χ1) is 15.8. The standard InChI is InChI=1S/C28H22ClNO2S/c1-19-3-7-21(8-4-19)9-14-26-27-16-24(29)11-10-22(27)15-23-17-30(18-28(23)26)33(31,32)25-12-5-20(2)6-13-25/h3-8,10-13,15-16H,17-18H2,1-2H3. The predicted molar refractivity (Wildman–Crippen MR) is 134 cm³/mol. The minimum Gasteiger partial charge on any atom is -0.207 e. The molecular weight excluding hydrogens is 450 g/mol. The van der Waals surface area contributed by atoms with Crippen molar-refractivity contribution >= 4 is 32.4 Å². The molecule has 0 bridgehead atoms. The Bertz CT molecular complexity index is 1540. The Kier molecular flexibility index (Phi) is 5.50. The maximum absolute atomic E-state index is 13.4. The Morgan fingerprint density at radius 3 is 2.18 bits per heavy atom. The quantitative estimate of drug-likeness (QED) is 0.326. The van der Waals surface area contributed by atoms with Crippen molar-refractivity contribution in [1.29, 1.82) is 0 Å². The van der Waals surface area contributed by atoms with Gasteiger partial charge in [-0.3, -0.25) is 0 Å². The van der Waals surface area contributed by atoms with Crippen molar-refractivity contribution in [3.8, 4) is 11.8 Å². The van der Waals surface area contributed by atoms with Crippen LogP contribution >= 0.6 is 11.6 Å². The van der Waals surface area contributed by atoms with Gasteiger partial charge in [-0.15, -0.1) is 0 Å². The van der Waals surface area contributed by atoms with E-state index in [9.17, 15) is 8.42 Å². The summed E-state index contributed by atoms with van der Waals surface area (Å²) in [5, 5.41) is 2.57. The number of nitrogens with zero attached hydrogens (tertiary/aromatic N) is 1. The highest BCUT2D eigenvalue weighted by Crippen LogP contribution is 2.36. The van der Waals surface area contributed by atoms with Crippen LogP contribution in [0.15, 0.2) is 77.7 Å². The van der Waals surface area contributed by atoms with Crippen LogP contribution in [0.1, 0.15) is 33.4 Å². The van der Waals surface area contributed by atoms with Crippen LogP contribution in [0.25, 0.3) is 10.8 Å². The summed E-state index contributed by atoms with van der Waals surface area (Å²) in [6.45, 7) is 4.59. The van der Waals surface area contributed by atoms with Crippen molar-refractivity contribution in [2.75, 3.05) is 0 Å². The molecule has 0 aliphatic carbocycles. The topological polar surface area (TPSA) is 37.4 Å². The van der Waals surface area contributed by atoms with Crippen molar-refractivity contribution in [2.45, 2.75) is 31.8 Å². The van der Waals surface area contributed by atoms with Gasteiger partial charge in [0.05, 0.1) is 4.90 Å². The molecule has 4 aromatic carbocycles. The molecule has 5 rings (SSSR count). The molecule has 0 radical (unpaired) electrons. The number of halogens is 1. The highest BCUT2D eigenvalue weighted by molar-refractivity contribution is 7.89. The van der Waals surface area contributed by atoms with Crippen LogP contribution in [0.3, 0.4) is 0 Å². The van der Waals surface area contributed by atoms with Gasteiger partial charge in [-0.25, -0.2) is 8.42 Å². The van der Waals surface area contributed by atoms with Gasteiger partial charge in [-0.2, -0.15) is 4.31 Å². The first kappa shape index (κ1) is 21.7. The molecule has 1 heterocycles. The predicted octanol–water partition coefficient (Wildman–Crippen LogP) is 6.21. The molecule has 0 atom stereocenters. The van der Waals surface area contributed by atoms with Crippen molar-refractivity contribution in [2.24, 2.45) is 0 Å². The normalized spacial score (nSPS) is 13.5.